The molecule has 0 saturated heterocycles. The van der Waals surface area contributed by atoms with E-state index in [1.807, 2.05) is 74.3 Å². The number of nitrogens with one attached hydrogen (secondary N) is 1. The van der Waals surface area contributed by atoms with Gasteiger partial charge in [-0.05, 0) is 56.3 Å². The van der Waals surface area contributed by atoms with Crippen molar-refractivity contribution in [2.45, 2.75) is 26.4 Å². The van der Waals surface area contributed by atoms with Crippen LogP contribution in [0.2, 0.25) is 0 Å². The van der Waals surface area contributed by atoms with Gasteiger partial charge in [-0.2, -0.15) is 0 Å². The molecule has 0 aliphatic heterocycles. The second kappa shape index (κ2) is 9.04. The molecule has 0 bridgehead atoms. The van der Waals surface area contributed by atoms with Gasteiger partial charge in [0, 0.05) is 12.2 Å². The average Bonchev–Trinajstić information content (AvgIpc) is 2.60. The minimum atomic E-state index is -0.239. The van der Waals surface area contributed by atoms with Gasteiger partial charge in [-0.15, -0.1) is 0 Å². The second-order valence-electron chi connectivity index (χ2n) is 6.19. The molecule has 2 aromatic rings. The highest BCUT2D eigenvalue weighted by Gasteiger charge is 2.18. The fourth-order valence-electron chi connectivity index (χ4n) is 2.44. The zero-order chi connectivity index (χ0) is 18.2. The number of rotatable bonds is 8. The van der Waals surface area contributed by atoms with Gasteiger partial charge in [0.1, 0.15) is 12.4 Å². The molecule has 4 heteroatoms. The highest BCUT2D eigenvalue weighted by atomic mass is 16.5. The first-order valence-electron chi connectivity index (χ1n) is 8.40. The van der Waals surface area contributed by atoms with E-state index in [0.29, 0.717) is 13.2 Å². The topological polar surface area (TPSA) is 41.6 Å². The van der Waals surface area contributed by atoms with Gasteiger partial charge in [-0.25, -0.2) is 0 Å². The van der Waals surface area contributed by atoms with Crippen LogP contribution in [0.1, 0.15) is 18.1 Å². The van der Waals surface area contributed by atoms with Crippen LogP contribution >= 0.6 is 0 Å². The third kappa shape index (κ3) is 5.76. The number of benzene rings is 2. The highest BCUT2D eigenvalue weighted by molar-refractivity contribution is 5.94. The van der Waals surface area contributed by atoms with Crippen LogP contribution in [0.15, 0.2) is 61.2 Å². The van der Waals surface area contributed by atoms with Gasteiger partial charge < -0.3 is 10.1 Å². The number of carbonyl (C=O) groups excluding carboxylic acids is 1. The van der Waals surface area contributed by atoms with Crippen molar-refractivity contribution in [3.63, 3.8) is 0 Å². The minimum Gasteiger partial charge on any atom is -0.490 e. The van der Waals surface area contributed by atoms with E-state index in [2.05, 4.69) is 11.9 Å². The molecule has 1 unspecified atom stereocenters. The number of anilines is 1. The van der Waals surface area contributed by atoms with E-state index >= 15 is 0 Å². The molecule has 0 aromatic heterocycles. The predicted octanol–water partition coefficient (Wildman–Crippen LogP) is 4.02. The normalized spacial score (nSPS) is 11.8. The molecule has 0 fully saturated rings. The monoisotopic (exact) mass is 338 g/mol. The van der Waals surface area contributed by atoms with Crippen molar-refractivity contribution in [1.29, 1.82) is 0 Å². The largest absolute Gasteiger partial charge is 0.490 e. The number of ether oxygens (including phenoxy) is 1. The Kier molecular flexibility index (Phi) is 6.78. The number of amides is 1. The molecule has 25 heavy (non-hydrogen) atoms. The van der Waals surface area contributed by atoms with E-state index in [4.69, 9.17) is 4.74 Å². The molecule has 0 aliphatic rings. The molecule has 132 valence electrons. The predicted molar refractivity (Wildman–Crippen MR) is 103 cm³/mol. The Bertz CT molecular complexity index is 710. The molecule has 0 heterocycles. The first-order chi connectivity index (χ1) is 12.0. The molecule has 2 aromatic carbocycles. The summed E-state index contributed by atoms with van der Waals surface area (Å²) in [4.78, 5) is 14.5. The lowest BCUT2D eigenvalue weighted by atomic mass is 10.1. The van der Waals surface area contributed by atoms with Gasteiger partial charge in [0.15, 0.2) is 0 Å². The zero-order valence-electron chi connectivity index (χ0n) is 15.2. The van der Waals surface area contributed by atoms with Crippen LogP contribution in [0.3, 0.4) is 0 Å². The summed E-state index contributed by atoms with van der Waals surface area (Å²) in [5.74, 6) is 0.801. The van der Waals surface area contributed by atoms with Gasteiger partial charge in [0.2, 0.25) is 5.91 Å². The summed E-state index contributed by atoms with van der Waals surface area (Å²) in [6.45, 7) is 8.73. The summed E-state index contributed by atoms with van der Waals surface area (Å²) in [5, 5.41) is 2.97. The number of nitrogens with zero attached hydrogens (tertiary/aromatic N) is 1. The quantitative estimate of drug-likeness (QED) is 0.739. The Labute approximate surface area is 150 Å². The SMILES string of the molecule is C=CCOc1ccc(CN(C)C(C)C(=O)Nc2cccc(C)c2)cc1. The molecule has 4 nitrogen and oxygen atoms in total. The van der Waals surface area contributed by atoms with Gasteiger partial charge in [-0.1, -0.05) is 36.9 Å². The van der Waals surface area contributed by atoms with E-state index in [0.717, 1.165) is 22.6 Å². The summed E-state index contributed by atoms with van der Waals surface area (Å²) < 4.78 is 5.48. The Hall–Kier alpha value is -2.59. The van der Waals surface area contributed by atoms with Crippen molar-refractivity contribution >= 4 is 11.6 Å². The number of likely N-dealkylation sites (N-methyl/N-ethyl adjacent to an activating group) is 1. The summed E-state index contributed by atoms with van der Waals surface area (Å²) in [6.07, 6.45) is 1.72. The van der Waals surface area contributed by atoms with E-state index < -0.39 is 0 Å². The van der Waals surface area contributed by atoms with Crippen molar-refractivity contribution in [3.05, 3.63) is 72.3 Å². The third-order valence-corrected chi connectivity index (χ3v) is 4.05. The highest BCUT2D eigenvalue weighted by Crippen LogP contribution is 2.15. The number of aryl methyl sites for hydroxylation is 1. The minimum absolute atomic E-state index is 0.0148. The summed E-state index contributed by atoms with van der Waals surface area (Å²) in [5.41, 5.74) is 3.08. The van der Waals surface area contributed by atoms with Crippen molar-refractivity contribution < 1.29 is 9.53 Å². The standard InChI is InChI=1S/C21H26N2O2/c1-5-13-25-20-11-9-18(10-12-20)15-23(4)17(3)21(24)22-19-8-6-7-16(2)14-19/h5-12,14,17H,1,13,15H2,2-4H3,(H,22,24). The van der Waals surface area contributed by atoms with Gasteiger partial charge in [-0.3, -0.25) is 9.69 Å². The molecule has 1 atom stereocenters. The Morgan fingerprint density at radius 1 is 1.28 bits per heavy atom. The average molecular weight is 338 g/mol. The Morgan fingerprint density at radius 3 is 2.64 bits per heavy atom. The summed E-state index contributed by atoms with van der Waals surface area (Å²) in [7, 11) is 1.95. The van der Waals surface area contributed by atoms with Crippen LogP contribution in [0.4, 0.5) is 5.69 Å². The fourth-order valence-corrected chi connectivity index (χ4v) is 2.44. The maximum Gasteiger partial charge on any atom is 0.241 e. The smallest absolute Gasteiger partial charge is 0.241 e. The zero-order valence-corrected chi connectivity index (χ0v) is 15.2. The van der Waals surface area contributed by atoms with Crippen LogP contribution < -0.4 is 10.1 Å². The van der Waals surface area contributed by atoms with Crippen molar-refractivity contribution in [3.8, 4) is 5.75 Å². The van der Waals surface area contributed by atoms with Crippen LogP contribution in [-0.2, 0) is 11.3 Å². The fraction of sp³-hybridized carbons (Fsp3) is 0.286. The van der Waals surface area contributed by atoms with E-state index in [1.54, 1.807) is 6.08 Å². The molecular formula is C21H26N2O2. The van der Waals surface area contributed by atoms with Gasteiger partial charge in [0.25, 0.3) is 0 Å². The molecule has 1 amide bonds. The lowest BCUT2D eigenvalue weighted by molar-refractivity contribution is -0.120. The number of hydrogen-bond donors (Lipinski definition) is 1. The molecule has 0 spiro atoms. The van der Waals surface area contributed by atoms with Crippen LogP contribution in [0.5, 0.6) is 5.75 Å². The third-order valence-electron chi connectivity index (χ3n) is 4.05. The van der Waals surface area contributed by atoms with Crippen LogP contribution in [-0.4, -0.2) is 30.5 Å². The molecule has 0 radical (unpaired) electrons. The Balaban J connectivity index is 1.91. The van der Waals surface area contributed by atoms with Gasteiger partial charge in [0.05, 0.1) is 6.04 Å². The van der Waals surface area contributed by atoms with E-state index in [-0.39, 0.29) is 11.9 Å². The van der Waals surface area contributed by atoms with Crippen molar-refractivity contribution in [1.82, 2.24) is 4.90 Å². The number of hydrogen-bond acceptors (Lipinski definition) is 3. The van der Waals surface area contributed by atoms with Crippen LogP contribution in [0, 0.1) is 6.92 Å². The summed E-state index contributed by atoms with van der Waals surface area (Å²) in [6, 6.07) is 15.5. The van der Waals surface area contributed by atoms with Crippen LogP contribution in [0.25, 0.3) is 0 Å². The molecule has 0 aliphatic carbocycles. The molecule has 2 rings (SSSR count). The maximum atomic E-state index is 12.4. The van der Waals surface area contributed by atoms with Crippen molar-refractivity contribution in [2.24, 2.45) is 0 Å². The summed E-state index contributed by atoms with van der Waals surface area (Å²) >= 11 is 0. The van der Waals surface area contributed by atoms with E-state index in [9.17, 15) is 4.79 Å². The lowest BCUT2D eigenvalue weighted by Crippen LogP contribution is -2.39. The number of carbonyl (C=O) groups is 1. The van der Waals surface area contributed by atoms with Crippen molar-refractivity contribution in [2.75, 3.05) is 19.0 Å². The molecule has 1 N–H and O–H groups in total. The van der Waals surface area contributed by atoms with Gasteiger partial charge >= 0.3 is 0 Å². The Morgan fingerprint density at radius 2 is 2.00 bits per heavy atom. The first kappa shape index (κ1) is 18.7. The molecular weight excluding hydrogens is 312 g/mol. The molecule has 0 saturated carbocycles. The maximum absolute atomic E-state index is 12.4. The van der Waals surface area contributed by atoms with E-state index in [1.165, 1.54) is 0 Å². The second-order valence-corrected chi connectivity index (χ2v) is 6.19. The first-order valence-corrected chi connectivity index (χ1v) is 8.40. The lowest BCUT2D eigenvalue weighted by Gasteiger charge is -2.24.